The first kappa shape index (κ1) is 15.7. The molecule has 24 heavy (non-hydrogen) atoms. The van der Waals surface area contributed by atoms with Gasteiger partial charge in [-0.1, -0.05) is 29.8 Å². The van der Waals surface area contributed by atoms with E-state index in [0.717, 1.165) is 19.3 Å². The van der Waals surface area contributed by atoms with E-state index in [9.17, 15) is 9.59 Å². The summed E-state index contributed by atoms with van der Waals surface area (Å²) in [5.74, 6) is 1.07. The molecule has 0 radical (unpaired) electrons. The Kier molecular flexibility index (Phi) is 3.48. The van der Waals surface area contributed by atoms with Crippen LogP contribution in [0.3, 0.4) is 0 Å². The van der Waals surface area contributed by atoms with Crippen LogP contribution < -0.4 is 10.9 Å². The van der Waals surface area contributed by atoms with Gasteiger partial charge < -0.3 is 0 Å². The number of hydrogen-bond donors (Lipinski definition) is 2. The third-order valence-electron chi connectivity index (χ3n) is 6.56. The van der Waals surface area contributed by atoms with Gasteiger partial charge in [-0.15, -0.1) is 0 Å². The molecule has 4 heteroatoms. The molecule has 2 N–H and O–H groups in total. The van der Waals surface area contributed by atoms with E-state index in [1.54, 1.807) is 0 Å². The summed E-state index contributed by atoms with van der Waals surface area (Å²) in [6, 6.07) is 8.92. The van der Waals surface area contributed by atoms with E-state index < -0.39 is 0 Å². The molecular weight excluding hydrogens is 300 g/mol. The van der Waals surface area contributed by atoms with E-state index in [4.69, 9.17) is 0 Å². The summed E-state index contributed by atoms with van der Waals surface area (Å²) in [7, 11) is 0. The van der Waals surface area contributed by atoms with Crippen LogP contribution in [0.4, 0.5) is 0 Å². The highest BCUT2D eigenvalue weighted by Crippen LogP contribution is 2.65. The SMILES string of the molecule is CC(=O)NNC(=O)C12C[C@@H]3C[C@@H](C1)CC(c1ccc(C)cc1)(C3)C2. The Bertz CT molecular complexity index is 665. The van der Waals surface area contributed by atoms with Crippen LogP contribution in [-0.4, -0.2) is 11.8 Å². The average molecular weight is 326 g/mol. The van der Waals surface area contributed by atoms with Crippen molar-refractivity contribution < 1.29 is 9.59 Å². The number of hydrogen-bond acceptors (Lipinski definition) is 2. The van der Waals surface area contributed by atoms with Crippen LogP contribution in [0.5, 0.6) is 0 Å². The van der Waals surface area contributed by atoms with Gasteiger partial charge in [0.05, 0.1) is 5.41 Å². The fraction of sp³-hybridized carbons (Fsp3) is 0.600. The first-order valence-electron chi connectivity index (χ1n) is 9.05. The molecule has 4 saturated carbocycles. The highest BCUT2D eigenvalue weighted by molar-refractivity contribution is 5.86. The maximum absolute atomic E-state index is 12.9. The van der Waals surface area contributed by atoms with Crippen LogP contribution >= 0.6 is 0 Å². The number of rotatable bonds is 2. The van der Waals surface area contributed by atoms with Crippen molar-refractivity contribution >= 4 is 11.8 Å². The topological polar surface area (TPSA) is 58.2 Å². The summed E-state index contributed by atoms with van der Waals surface area (Å²) >= 11 is 0. The van der Waals surface area contributed by atoms with Gasteiger partial charge in [0.1, 0.15) is 0 Å². The van der Waals surface area contributed by atoms with Crippen molar-refractivity contribution in [2.45, 2.75) is 57.8 Å². The highest BCUT2D eigenvalue weighted by atomic mass is 16.2. The van der Waals surface area contributed by atoms with Gasteiger partial charge in [-0.3, -0.25) is 20.4 Å². The minimum atomic E-state index is -0.308. The van der Waals surface area contributed by atoms with Gasteiger partial charge in [0.15, 0.2) is 0 Å². The number of nitrogens with one attached hydrogen (secondary N) is 2. The molecule has 4 aliphatic carbocycles. The fourth-order valence-electron chi connectivity index (χ4n) is 6.05. The third-order valence-corrected chi connectivity index (χ3v) is 6.56. The van der Waals surface area contributed by atoms with Crippen molar-refractivity contribution in [1.29, 1.82) is 0 Å². The van der Waals surface area contributed by atoms with Gasteiger partial charge in [0, 0.05) is 6.92 Å². The highest BCUT2D eigenvalue weighted by Gasteiger charge is 2.60. The van der Waals surface area contributed by atoms with E-state index in [1.807, 2.05) is 0 Å². The van der Waals surface area contributed by atoms with Gasteiger partial charge in [-0.05, 0) is 68.3 Å². The number of benzene rings is 1. The molecule has 4 aliphatic rings. The van der Waals surface area contributed by atoms with Crippen LogP contribution in [0.25, 0.3) is 0 Å². The number of carbonyl (C=O) groups excluding carboxylic acids is 2. The van der Waals surface area contributed by atoms with Crippen LogP contribution in [0, 0.1) is 24.2 Å². The molecule has 128 valence electrons. The van der Waals surface area contributed by atoms with Crippen LogP contribution in [-0.2, 0) is 15.0 Å². The van der Waals surface area contributed by atoms with Crippen LogP contribution in [0.15, 0.2) is 24.3 Å². The van der Waals surface area contributed by atoms with E-state index >= 15 is 0 Å². The maximum Gasteiger partial charge on any atom is 0.244 e. The molecule has 5 rings (SSSR count). The molecular formula is C20H26N2O2. The largest absolute Gasteiger partial charge is 0.274 e. The lowest BCUT2D eigenvalue weighted by Gasteiger charge is -2.61. The molecule has 0 unspecified atom stereocenters. The molecule has 1 aromatic rings. The molecule has 4 fully saturated rings. The van der Waals surface area contributed by atoms with Gasteiger partial charge in [-0.2, -0.15) is 0 Å². The van der Waals surface area contributed by atoms with Crippen molar-refractivity contribution in [3.8, 4) is 0 Å². The minimum Gasteiger partial charge on any atom is -0.274 e. The standard InChI is InChI=1S/C20H26N2O2/c1-13-3-5-17(6-4-13)19-8-15-7-16(9-19)11-20(10-15,12-19)18(24)22-21-14(2)23/h3-6,15-16H,7-12H2,1-2H3,(H,21,23)(H,22,24)/t15-,16-,19?,20?/m1/s1. The summed E-state index contributed by atoms with van der Waals surface area (Å²) in [5, 5.41) is 0. The third kappa shape index (κ3) is 2.43. The van der Waals surface area contributed by atoms with Crippen molar-refractivity contribution in [2.24, 2.45) is 17.3 Å². The average Bonchev–Trinajstić information content (AvgIpc) is 2.51. The fourth-order valence-corrected chi connectivity index (χ4v) is 6.05. The molecule has 4 nitrogen and oxygen atoms in total. The van der Waals surface area contributed by atoms with Gasteiger partial charge in [-0.25, -0.2) is 0 Å². The van der Waals surface area contributed by atoms with Crippen molar-refractivity contribution in [2.75, 3.05) is 0 Å². The molecule has 0 spiro atoms. The van der Waals surface area contributed by atoms with Gasteiger partial charge in [0.25, 0.3) is 0 Å². The number of hydrazine groups is 1. The summed E-state index contributed by atoms with van der Waals surface area (Å²) in [6.07, 6.45) is 6.55. The summed E-state index contributed by atoms with van der Waals surface area (Å²) in [6.45, 7) is 3.54. The maximum atomic E-state index is 12.9. The summed E-state index contributed by atoms with van der Waals surface area (Å²) in [5.41, 5.74) is 7.69. The predicted molar refractivity (Wildman–Crippen MR) is 91.9 cm³/mol. The van der Waals surface area contributed by atoms with E-state index in [1.165, 1.54) is 37.3 Å². The van der Waals surface area contributed by atoms with Crippen LogP contribution in [0.1, 0.15) is 56.6 Å². The Hall–Kier alpha value is -1.84. The second kappa shape index (κ2) is 5.33. The second-order valence-electron chi connectivity index (χ2n) is 8.52. The molecule has 4 bridgehead atoms. The van der Waals surface area contributed by atoms with E-state index in [0.29, 0.717) is 11.8 Å². The first-order chi connectivity index (χ1) is 11.4. The van der Waals surface area contributed by atoms with E-state index in [2.05, 4.69) is 42.0 Å². The lowest BCUT2D eigenvalue weighted by atomic mass is 9.42. The summed E-state index contributed by atoms with van der Waals surface area (Å²) < 4.78 is 0. The quantitative estimate of drug-likeness (QED) is 0.821. The molecule has 0 saturated heterocycles. The molecule has 0 aliphatic heterocycles. The molecule has 0 heterocycles. The van der Waals surface area contributed by atoms with Crippen molar-refractivity contribution in [1.82, 2.24) is 10.9 Å². The molecule has 0 aromatic heterocycles. The van der Waals surface area contributed by atoms with Crippen molar-refractivity contribution in [3.63, 3.8) is 0 Å². The molecule has 1 aromatic carbocycles. The Morgan fingerprint density at radius 3 is 2.21 bits per heavy atom. The lowest BCUT2D eigenvalue weighted by molar-refractivity contribution is -0.151. The monoisotopic (exact) mass is 326 g/mol. The zero-order chi connectivity index (χ0) is 16.9. The normalized spacial score (nSPS) is 36.4. The smallest absolute Gasteiger partial charge is 0.244 e. The van der Waals surface area contributed by atoms with Crippen LogP contribution in [0.2, 0.25) is 0 Å². The molecule has 2 amide bonds. The Labute approximate surface area is 143 Å². The zero-order valence-electron chi connectivity index (χ0n) is 14.5. The van der Waals surface area contributed by atoms with Crippen molar-refractivity contribution in [3.05, 3.63) is 35.4 Å². The number of amides is 2. The Morgan fingerprint density at radius 1 is 1.00 bits per heavy atom. The number of aryl methyl sites for hydroxylation is 1. The Balaban J connectivity index is 1.65. The van der Waals surface area contributed by atoms with Gasteiger partial charge in [0.2, 0.25) is 11.8 Å². The number of carbonyl (C=O) groups is 2. The minimum absolute atomic E-state index is 0.0169. The lowest BCUT2D eigenvalue weighted by Crippen LogP contribution is -2.60. The second-order valence-corrected chi connectivity index (χ2v) is 8.52. The first-order valence-corrected chi connectivity index (χ1v) is 9.05. The van der Waals surface area contributed by atoms with E-state index in [-0.39, 0.29) is 22.6 Å². The zero-order valence-corrected chi connectivity index (χ0v) is 14.5. The summed E-state index contributed by atoms with van der Waals surface area (Å²) in [4.78, 5) is 24.1. The molecule has 2 atom stereocenters. The van der Waals surface area contributed by atoms with Gasteiger partial charge >= 0.3 is 0 Å². The Morgan fingerprint density at radius 2 is 1.62 bits per heavy atom. The predicted octanol–water partition coefficient (Wildman–Crippen LogP) is 3.00.